The van der Waals surface area contributed by atoms with Crippen molar-refractivity contribution in [1.82, 2.24) is 0 Å². The van der Waals surface area contributed by atoms with Gasteiger partial charge in [-0.25, -0.2) is 0 Å². The highest BCUT2D eigenvalue weighted by Crippen LogP contribution is 2.28. The minimum absolute atomic E-state index is 0.344. The van der Waals surface area contributed by atoms with Crippen LogP contribution in [0.1, 0.15) is 24.9 Å². The zero-order chi connectivity index (χ0) is 12.3. The Labute approximate surface area is 104 Å². The van der Waals surface area contributed by atoms with Gasteiger partial charge in [0.05, 0.1) is 5.92 Å². The SMILES string of the molecule is CC(CC(N)c1ccc(Cl)cc1Cl)C(=O)O. The van der Waals surface area contributed by atoms with E-state index in [1.165, 1.54) is 0 Å². The highest BCUT2D eigenvalue weighted by atomic mass is 35.5. The standard InChI is InChI=1S/C11H13Cl2NO2/c1-6(11(15)16)4-10(14)8-3-2-7(12)5-9(8)13/h2-3,5-6,10H,4,14H2,1H3,(H,15,16). The van der Waals surface area contributed by atoms with E-state index in [0.29, 0.717) is 16.5 Å². The van der Waals surface area contributed by atoms with Gasteiger partial charge in [-0.3, -0.25) is 4.79 Å². The molecule has 1 rings (SSSR count). The maximum atomic E-state index is 10.7. The molecule has 88 valence electrons. The highest BCUT2D eigenvalue weighted by Gasteiger charge is 2.18. The van der Waals surface area contributed by atoms with Gasteiger partial charge in [0.15, 0.2) is 0 Å². The first-order valence-electron chi connectivity index (χ1n) is 4.85. The van der Waals surface area contributed by atoms with Gasteiger partial charge in [0.1, 0.15) is 0 Å². The minimum atomic E-state index is -0.861. The zero-order valence-corrected chi connectivity index (χ0v) is 10.3. The third-order valence-electron chi connectivity index (χ3n) is 2.39. The van der Waals surface area contributed by atoms with Gasteiger partial charge >= 0.3 is 5.97 Å². The fourth-order valence-corrected chi connectivity index (χ4v) is 1.96. The van der Waals surface area contributed by atoms with Crippen LogP contribution >= 0.6 is 23.2 Å². The van der Waals surface area contributed by atoms with E-state index in [-0.39, 0.29) is 0 Å². The molecule has 5 heteroatoms. The number of hydrogen-bond donors (Lipinski definition) is 2. The number of benzene rings is 1. The van der Waals surface area contributed by atoms with E-state index in [2.05, 4.69) is 0 Å². The van der Waals surface area contributed by atoms with Gasteiger partial charge in [-0.15, -0.1) is 0 Å². The molecule has 0 aliphatic carbocycles. The quantitative estimate of drug-likeness (QED) is 0.876. The first kappa shape index (κ1) is 13.3. The number of carboxylic acids is 1. The lowest BCUT2D eigenvalue weighted by Gasteiger charge is -2.16. The second-order valence-corrected chi connectivity index (χ2v) is 4.59. The van der Waals surface area contributed by atoms with Gasteiger partial charge in [-0.05, 0) is 24.1 Å². The van der Waals surface area contributed by atoms with Gasteiger partial charge in [-0.1, -0.05) is 36.2 Å². The predicted octanol–water partition coefficient (Wildman–Crippen LogP) is 3.10. The summed E-state index contributed by atoms with van der Waals surface area (Å²) >= 11 is 11.7. The molecule has 0 heterocycles. The molecule has 0 aliphatic heterocycles. The zero-order valence-electron chi connectivity index (χ0n) is 8.78. The third kappa shape index (κ3) is 3.37. The molecule has 2 unspecified atom stereocenters. The van der Waals surface area contributed by atoms with Crippen LogP contribution in [0.25, 0.3) is 0 Å². The van der Waals surface area contributed by atoms with Crippen molar-refractivity contribution in [1.29, 1.82) is 0 Å². The fourth-order valence-electron chi connectivity index (χ4n) is 1.41. The average molecular weight is 262 g/mol. The minimum Gasteiger partial charge on any atom is -0.481 e. The molecule has 0 bridgehead atoms. The van der Waals surface area contributed by atoms with Gasteiger partial charge < -0.3 is 10.8 Å². The molecule has 1 aromatic carbocycles. The van der Waals surface area contributed by atoms with Crippen molar-refractivity contribution >= 4 is 29.2 Å². The second kappa shape index (κ2) is 5.53. The van der Waals surface area contributed by atoms with Gasteiger partial charge in [-0.2, -0.15) is 0 Å². The molecule has 16 heavy (non-hydrogen) atoms. The van der Waals surface area contributed by atoms with E-state index < -0.39 is 17.9 Å². The monoisotopic (exact) mass is 261 g/mol. The lowest BCUT2D eigenvalue weighted by atomic mass is 9.97. The molecule has 3 nitrogen and oxygen atoms in total. The van der Waals surface area contributed by atoms with Crippen molar-refractivity contribution in [3.8, 4) is 0 Å². The summed E-state index contributed by atoms with van der Waals surface area (Å²) in [7, 11) is 0. The molecule has 3 N–H and O–H groups in total. The Morgan fingerprint density at radius 1 is 1.50 bits per heavy atom. The van der Waals surface area contributed by atoms with Crippen LogP contribution in [-0.4, -0.2) is 11.1 Å². The molecule has 2 atom stereocenters. The second-order valence-electron chi connectivity index (χ2n) is 3.75. The predicted molar refractivity (Wildman–Crippen MR) is 64.8 cm³/mol. The Hall–Kier alpha value is -0.770. The lowest BCUT2D eigenvalue weighted by molar-refractivity contribution is -0.141. The van der Waals surface area contributed by atoms with E-state index in [4.69, 9.17) is 34.0 Å². The van der Waals surface area contributed by atoms with Crippen LogP contribution in [-0.2, 0) is 4.79 Å². The number of aliphatic carboxylic acids is 1. The molecule has 0 fully saturated rings. The van der Waals surface area contributed by atoms with Crippen LogP contribution in [0.2, 0.25) is 10.0 Å². The summed E-state index contributed by atoms with van der Waals surface area (Å²) in [5.74, 6) is -1.36. The van der Waals surface area contributed by atoms with Crippen molar-refractivity contribution in [3.63, 3.8) is 0 Å². The summed E-state index contributed by atoms with van der Waals surface area (Å²) < 4.78 is 0. The summed E-state index contributed by atoms with van der Waals surface area (Å²) in [5, 5.41) is 9.79. The molecule has 0 amide bonds. The Kier molecular flexibility index (Phi) is 4.59. The number of carboxylic acid groups (broad SMARTS) is 1. The van der Waals surface area contributed by atoms with E-state index in [1.807, 2.05) is 0 Å². The summed E-state index contributed by atoms with van der Waals surface area (Å²) in [4.78, 5) is 10.7. The highest BCUT2D eigenvalue weighted by molar-refractivity contribution is 6.35. The topological polar surface area (TPSA) is 63.3 Å². The van der Waals surface area contributed by atoms with Crippen LogP contribution in [0.15, 0.2) is 18.2 Å². The molecular weight excluding hydrogens is 249 g/mol. The number of carbonyl (C=O) groups is 1. The fraction of sp³-hybridized carbons (Fsp3) is 0.364. The van der Waals surface area contributed by atoms with Crippen molar-refractivity contribution in [3.05, 3.63) is 33.8 Å². The molecule has 0 aromatic heterocycles. The number of rotatable bonds is 4. The Morgan fingerprint density at radius 2 is 2.12 bits per heavy atom. The summed E-state index contributed by atoms with van der Waals surface area (Å²) in [6, 6.07) is 4.62. The molecule has 0 aliphatic rings. The third-order valence-corrected chi connectivity index (χ3v) is 2.95. The Balaban J connectivity index is 2.80. The van der Waals surface area contributed by atoms with E-state index >= 15 is 0 Å². The summed E-state index contributed by atoms with van der Waals surface area (Å²) in [5.41, 5.74) is 6.62. The summed E-state index contributed by atoms with van der Waals surface area (Å²) in [6.07, 6.45) is 0.344. The average Bonchev–Trinajstić information content (AvgIpc) is 2.16. The lowest BCUT2D eigenvalue weighted by Crippen LogP contribution is -2.19. The Bertz CT molecular complexity index is 396. The van der Waals surface area contributed by atoms with Gasteiger partial charge in [0.25, 0.3) is 0 Å². The largest absolute Gasteiger partial charge is 0.481 e. The van der Waals surface area contributed by atoms with Gasteiger partial charge in [0, 0.05) is 16.1 Å². The first-order chi connectivity index (χ1) is 7.41. The van der Waals surface area contributed by atoms with Crippen LogP contribution in [0.3, 0.4) is 0 Å². The van der Waals surface area contributed by atoms with Crippen molar-refractivity contribution < 1.29 is 9.90 Å². The van der Waals surface area contributed by atoms with Gasteiger partial charge in [0.2, 0.25) is 0 Å². The van der Waals surface area contributed by atoms with Crippen molar-refractivity contribution in [2.75, 3.05) is 0 Å². The molecule has 1 aromatic rings. The summed E-state index contributed by atoms with van der Waals surface area (Å²) in [6.45, 7) is 1.62. The molecule has 0 saturated heterocycles. The van der Waals surface area contributed by atoms with Crippen LogP contribution in [0.4, 0.5) is 0 Å². The number of nitrogens with two attached hydrogens (primary N) is 1. The van der Waals surface area contributed by atoms with Crippen LogP contribution in [0, 0.1) is 5.92 Å². The maximum absolute atomic E-state index is 10.7. The Morgan fingerprint density at radius 3 is 2.62 bits per heavy atom. The van der Waals surface area contributed by atoms with Crippen molar-refractivity contribution in [2.24, 2.45) is 11.7 Å². The number of halogens is 2. The first-order valence-corrected chi connectivity index (χ1v) is 5.60. The maximum Gasteiger partial charge on any atom is 0.306 e. The molecule has 0 spiro atoms. The molecule has 0 saturated carbocycles. The normalized spacial score (nSPS) is 14.5. The van der Waals surface area contributed by atoms with E-state index in [1.54, 1.807) is 25.1 Å². The van der Waals surface area contributed by atoms with Crippen molar-refractivity contribution in [2.45, 2.75) is 19.4 Å². The molecular formula is C11H13Cl2NO2. The van der Waals surface area contributed by atoms with E-state index in [9.17, 15) is 4.79 Å². The number of hydrogen-bond acceptors (Lipinski definition) is 2. The molecule has 0 radical (unpaired) electrons. The van der Waals surface area contributed by atoms with Crippen LogP contribution < -0.4 is 5.73 Å². The van der Waals surface area contributed by atoms with E-state index in [0.717, 1.165) is 5.56 Å². The van der Waals surface area contributed by atoms with Crippen LogP contribution in [0.5, 0.6) is 0 Å². The smallest absolute Gasteiger partial charge is 0.306 e.